The number of aliphatic imine (C=N–C) groups is 1. The van der Waals surface area contributed by atoms with Gasteiger partial charge in [0.2, 0.25) is 0 Å². The van der Waals surface area contributed by atoms with E-state index in [2.05, 4.69) is 39.3 Å². The van der Waals surface area contributed by atoms with Gasteiger partial charge in [0.25, 0.3) is 0 Å². The zero-order valence-corrected chi connectivity index (χ0v) is 21.1. The molecule has 1 aliphatic heterocycles. The maximum absolute atomic E-state index is 12.9. The summed E-state index contributed by atoms with van der Waals surface area (Å²) in [5.41, 5.74) is 0. The van der Waals surface area contributed by atoms with Crippen LogP contribution in [0.2, 0.25) is 0 Å². The van der Waals surface area contributed by atoms with E-state index >= 15 is 0 Å². The lowest BCUT2D eigenvalue weighted by Gasteiger charge is -2.35. The molecule has 1 saturated heterocycles. The highest BCUT2D eigenvalue weighted by Gasteiger charge is 2.17. The molecule has 2 rings (SSSR count). The van der Waals surface area contributed by atoms with Crippen molar-refractivity contribution in [2.24, 2.45) is 10.9 Å². The summed E-state index contributed by atoms with van der Waals surface area (Å²) < 4.78 is 12.9. The van der Waals surface area contributed by atoms with Crippen molar-refractivity contribution in [1.82, 2.24) is 20.4 Å². The van der Waals surface area contributed by atoms with Crippen LogP contribution in [0.15, 0.2) is 34.2 Å². The van der Waals surface area contributed by atoms with Crippen molar-refractivity contribution in [2.75, 3.05) is 65.2 Å². The third kappa shape index (κ3) is 10.8. The van der Waals surface area contributed by atoms with Crippen molar-refractivity contribution in [3.63, 3.8) is 0 Å². The summed E-state index contributed by atoms with van der Waals surface area (Å²) in [4.78, 5) is 10.5. The molecule has 1 aliphatic rings. The average molecular weight is 538 g/mol. The minimum Gasteiger partial charge on any atom is -0.356 e. The van der Waals surface area contributed by atoms with Crippen LogP contribution >= 0.6 is 35.7 Å². The van der Waals surface area contributed by atoms with E-state index in [1.165, 1.54) is 38.3 Å². The van der Waals surface area contributed by atoms with Gasteiger partial charge in [0.05, 0.1) is 0 Å². The molecule has 1 fully saturated rings. The van der Waals surface area contributed by atoms with Crippen LogP contribution in [0.4, 0.5) is 4.39 Å². The highest BCUT2D eigenvalue weighted by molar-refractivity contribution is 14.0. The van der Waals surface area contributed by atoms with Crippen LogP contribution in [0.3, 0.4) is 0 Å². The molecule has 1 atom stereocenters. The molecular weight excluding hydrogens is 500 g/mol. The molecule has 2 N–H and O–H groups in total. The van der Waals surface area contributed by atoms with Crippen LogP contribution in [-0.2, 0) is 0 Å². The van der Waals surface area contributed by atoms with Crippen molar-refractivity contribution in [3.05, 3.63) is 30.1 Å². The normalized spacial score (nSPS) is 16.9. The van der Waals surface area contributed by atoms with E-state index in [0.29, 0.717) is 5.92 Å². The molecule has 8 heteroatoms. The largest absolute Gasteiger partial charge is 0.356 e. The molecule has 0 amide bonds. The van der Waals surface area contributed by atoms with Gasteiger partial charge in [-0.2, -0.15) is 0 Å². The van der Waals surface area contributed by atoms with Gasteiger partial charge in [-0.05, 0) is 48.9 Å². The molecule has 1 aromatic carbocycles. The lowest BCUT2D eigenvalue weighted by atomic mass is 10.1. The first-order valence-electron chi connectivity index (χ1n) is 10.4. The first-order valence-corrected chi connectivity index (χ1v) is 11.4. The number of likely N-dealkylation sites (N-methyl/N-ethyl adjacent to an activating group) is 1. The van der Waals surface area contributed by atoms with E-state index in [0.717, 1.165) is 49.2 Å². The van der Waals surface area contributed by atoms with E-state index in [-0.39, 0.29) is 29.8 Å². The smallest absolute Gasteiger partial charge is 0.190 e. The predicted molar refractivity (Wildman–Crippen MR) is 134 cm³/mol. The number of nitrogens with zero attached hydrogens (tertiary/aromatic N) is 3. The second-order valence-corrected chi connectivity index (χ2v) is 8.54. The molecule has 0 spiro atoms. The third-order valence-corrected chi connectivity index (χ3v) is 6.12. The van der Waals surface area contributed by atoms with Crippen molar-refractivity contribution in [1.29, 1.82) is 0 Å². The van der Waals surface area contributed by atoms with E-state index in [4.69, 9.17) is 0 Å². The fourth-order valence-corrected chi connectivity index (χ4v) is 4.14. The number of piperazine rings is 1. The zero-order chi connectivity index (χ0) is 20.2. The maximum Gasteiger partial charge on any atom is 0.190 e. The van der Waals surface area contributed by atoms with Gasteiger partial charge >= 0.3 is 0 Å². The van der Waals surface area contributed by atoms with Crippen LogP contribution in [0.25, 0.3) is 0 Å². The quantitative estimate of drug-likeness (QED) is 0.158. The second-order valence-electron chi connectivity index (χ2n) is 7.38. The Morgan fingerprint density at radius 1 is 1.14 bits per heavy atom. The Kier molecular flexibility index (Phi) is 13.9. The molecule has 0 aliphatic carbocycles. The number of guanidine groups is 1. The van der Waals surface area contributed by atoms with Gasteiger partial charge in [-0.15, -0.1) is 35.7 Å². The minimum atomic E-state index is -0.182. The monoisotopic (exact) mass is 537 g/mol. The number of thioether (sulfide) groups is 1. The molecule has 0 aromatic heterocycles. The summed E-state index contributed by atoms with van der Waals surface area (Å²) in [5.74, 6) is 2.27. The lowest BCUT2D eigenvalue weighted by Crippen LogP contribution is -2.48. The van der Waals surface area contributed by atoms with Gasteiger partial charge in [0.1, 0.15) is 5.82 Å². The summed E-state index contributed by atoms with van der Waals surface area (Å²) in [6.45, 7) is 13.4. The Balaban J connectivity index is 0.00000420. The molecule has 29 heavy (non-hydrogen) atoms. The minimum absolute atomic E-state index is 0. The van der Waals surface area contributed by atoms with Crippen molar-refractivity contribution < 1.29 is 4.39 Å². The predicted octanol–water partition coefficient (Wildman–Crippen LogP) is 3.36. The number of hydrogen-bond acceptors (Lipinski definition) is 4. The number of nitrogens with one attached hydrogen (secondary N) is 2. The van der Waals surface area contributed by atoms with Crippen LogP contribution in [0.5, 0.6) is 0 Å². The van der Waals surface area contributed by atoms with Gasteiger partial charge < -0.3 is 20.4 Å². The molecule has 0 bridgehead atoms. The summed E-state index contributed by atoms with van der Waals surface area (Å²) in [6, 6.07) is 6.68. The Bertz CT molecular complexity index is 579. The molecule has 0 radical (unpaired) electrons. The average Bonchev–Trinajstić information content (AvgIpc) is 2.72. The van der Waals surface area contributed by atoms with Crippen molar-refractivity contribution in [2.45, 2.75) is 25.2 Å². The SMILES string of the molecule is CCN1CCN(CC(C)CNC(=NC)NCCCSc2ccc(F)cc2)CC1.I. The van der Waals surface area contributed by atoms with Crippen LogP contribution in [0.1, 0.15) is 20.3 Å². The first-order chi connectivity index (χ1) is 13.6. The van der Waals surface area contributed by atoms with Crippen LogP contribution in [0, 0.1) is 11.7 Å². The number of rotatable bonds is 10. The Labute approximate surface area is 197 Å². The fraction of sp³-hybridized carbons (Fsp3) is 0.667. The van der Waals surface area contributed by atoms with E-state index < -0.39 is 0 Å². The maximum atomic E-state index is 12.9. The van der Waals surface area contributed by atoms with Crippen LogP contribution < -0.4 is 10.6 Å². The molecule has 1 aromatic rings. The van der Waals surface area contributed by atoms with E-state index in [1.807, 2.05) is 19.2 Å². The van der Waals surface area contributed by atoms with Gasteiger partial charge in [-0.3, -0.25) is 4.99 Å². The molecular formula is C21H37FIN5S. The molecule has 1 heterocycles. The van der Waals surface area contributed by atoms with Gasteiger partial charge in [-0.1, -0.05) is 13.8 Å². The summed E-state index contributed by atoms with van der Waals surface area (Å²) in [5, 5.41) is 6.83. The standard InChI is InChI=1S/C21H36FN5S.HI/c1-4-26-11-13-27(14-12-26)17-18(2)16-25-21(23-3)24-10-5-15-28-20-8-6-19(22)7-9-20;/h6-9,18H,4-5,10-17H2,1-3H3,(H2,23,24,25);1H. The van der Waals surface area contributed by atoms with E-state index in [9.17, 15) is 4.39 Å². The lowest BCUT2D eigenvalue weighted by molar-refractivity contribution is 0.124. The Morgan fingerprint density at radius 3 is 2.41 bits per heavy atom. The van der Waals surface area contributed by atoms with Gasteiger partial charge in [0, 0.05) is 57.8 Å². The molecule has 166 valence electrons. The fourth-order valence-electron chi connectivity index (χ4n) is 3.28. The first kappa shape index (κ1) is 26.5. The number of benzene rings is 1. The Morgan fingerprint density at radius 2 is 1.79 bits per heavy atom. The van der Waals surface area contributed by atoms with Gasteiger partial charge in [0.15, 0.2) is 5.96 Å². The summed E-state index contributed by atoms with van der Waals surface area (Å²) >= 11 is 1.75. The molecule has 1 unspecified atom stereocenters. The zero-order valence-electron chi connectivity index (χ0n) is 18.0. The molecule has 5 nitrogen and oxygen atoms in total. The highest BCUT2D eigenvalue weighted by atomic mass is 127. The number of halogens is 2. The van der Waals surface area contributed by atoms with Crippen molar-refractivity contribution >= 4 is 41.7 Å². The second kappa shape index (κ2) is 15.3. The van der Waals surface area contributed by atoms with E-state index in [1.54, 1.807) is 11.8 Å². The molecule has 0 saturated carbocycles. The highest BCUT2D eigenvalue weighted by Crippen LogP contribution is 2.18. The number of hydrogen-bond donors (Lipinski definition) is 2. The third-order valence-electron chi connectivity index (χ3n) is 5.02. The van der Waals surface area contributed by atoms with Gasteiger partial charge in [-0.25, -0.2) is 4.39 Å². The van der Waals surface area contributed by atoms with Crippen molar-refractivity contribution in [3.8, 4) is 0 Å². The Hall–Kier alpha value is -0.580. The topological polar surface area (TPSA) is 42.9 Å². The van der Waals surface area contributed by atoms with Crippen LogP contribution in [-0.4, -0.2) is 80.9 Å². The summed E-state index contributed by atoms with van der Waals surface area (Å²) in [6.07, 6.45) is 1.03. The summed E-state index contributed by atoms with van der Waals surface area (Å²) in [7, 11) is 1.82.